The summed E-state index contributed by atoms with van der Waals surface area (Å²) in [6.45, 7) is 0.368. The molecule has 0 fully saturated rings. The van der Waals surface area contributed by atoms with E-state index in [1.54, 1.807) is 29.6 Å². The maximum atomic E-state index is 11.3. The highest BCUT2D eigenvalue weighted by molar-refractivity contribution is 7.92. The molecule has 112 valence electrons. The number of hydrogen-bond acceptors (Lipinski definition) is 6. The summed E-state index contributed by atoms with van der Waals surface area (Å²) in [7, 11) is -3.37. The lowest BCUT2D eigenvalue weighted by molar-refractivity contribution is -0.380. The van der Waals surface area contributed by atoms with Crippen molar-refractivity contribution in [2.45, 2.75) is 6.54 Å². The fraction of sp³-hybridized carbons (Fsp3) is 0.167. The summed E-state index contributed by atoms with van der Waals surface area (Å²) in [6, 6.07) is 8.35. The zero-order chi connectivity index (χ0) is 15.5. The minimum atomic E-state index is -3.37. The summed E-state index contributed by atoms with van der Waals surface area (Å²) in [5, 5.41) is 15.4. The van der Waals surface area contributed by atoms with Gasteiger partial charge in [-0.25, -0.2) is 8.42 Å². The number of thiophene rings is 1. The smallest absolute Gasteiger partial charge is 0.324 e. The van der Waals surface area contributed by atoms with Crippen molar-refractivity contribution in [1.82, 2.24) is 0 Å². The Morgan fingerprint density at radius 2 is 1.95 bits per heavy atom. The normalized spacial score (nSPS) is 11.1. The highest BCUT2D eigenvalue weighted by Gasteiger charge is 2.10. The number of hydrogen-bond donors (Lipinski definition) is 2. The van der Waals surface area contributed by atoms with Crippen LogP contribution in [0.25, 0.3) is 0 Å². The summed E-state index contributed by atoms with van der Waals surface area (Å²) in [5.41, 5.74) is 1.81. The van der Waals surface area contributed by atoms with Crippen LogP contribution in [0, 0.1) is 10.1 Å². The molecule has 0 bridgehead atoms. The molecule has 0 atom stereocenters. The van der Waals surface area contributed by atoms with Crippen molar-refractivity contribution >= 4 is 37.7 Å². The largest absolute Gasteiger partial charge is 0.379 e. The van der Waals surface area contributed by atoms with E-state index in [9.17, 15) is 18.5 Å². The summed E-state index contributed by atoms with van der Waals surface area (Å²) in [5.74, 6) is 0. The predicted octanol–water partition coefficient (Wildman–Crippen LogP) is 2.64. The predicted molar refractivity (Wildman–Crippen MR) is 83.2 cm³/mol. The molecule has 1 aromatic carbocycles. The highest BCUT2D eigenvalue weighted by atomic mass is 32.2. The van der Waals surface area contributed by atoms with E-state index in [4.69, 9.17) is 0 Å². The standard InChI is InChI=1S/C12H13N3O4S2/c1-21(18,19)14-11-5-3-2-4-10(11)13-7-9-6-12(15(16)17)20-8-9/h2-6,8,13-14H,7H2,1H3. The molecular weight excluding hydrogens is 314 g/mol. The third-order valence-corrected chi connectivity index (χ3v) is 4.04. The monoisotopic (exact) mass is 327 g/mol. The second-order valence-corrected chi connectivity index (χ2v) is 6.96. The quantitative estimate of drug-likeness (QED) is 0.627. The molecule has 9 heteroatoms. The van der Waals surface area contributed by atoms with Crippen LogP contribution in [-0.4, -0.2) is 19.6 Å². The van der Waals surface area contributed by atoms with Crippen molar-refractivity contribution in [3.63, 3.8) is 0 Å². The molecule has 21 heavy (non-hydrogen) atoms. The van der Waals surface area contributed by atoms with Gasteiger partial charge in [0.25, 0.3) is 0 Å². The molecule has 0 aliphatic carbocycles. The van der Waals surface area contributed by atoms with E-state index in [1.807, 2.05) is 0 Å². The summed E-state index contributed by atoms with van der Waals surface area (Å²) in [6.07, 6.45) is 1.08. The Morgan fingerprint density at radius 3 is 2.52 bits per heavy atom. The van der Waals surface area contributed by atoms with Crippen LogP contribution in [0.5, 0.6) is 0 Å². The number of rotatable bonds is 6. The Balaban J connectivity index is 2.10. The van der Waals surface area contributed by atoms with Gasteiger partial charge in [0, 0.05) is 18.0 Å². The van der Waals surface area contributed by atoms with E-state index >= 15 is 0 Å². The average Bonchev–Trinajstić information content (AvgIpc) is 2.85. The molecule has 0 aliphatic heterocycles. The van der Waals surface area contributed by atoms with Gasteiger partial charge in [0.05, 0.1) is 22.6 Å². The van der Waals surface area contributed by atoms with E-state index < -0.39 is 14.9 Å². The van der Waals surface area contributed by atoms with Crippen molar-refractivity contribution in [2.75, 3.05) is 16.3 Å². The van der Waals surface area contributed by atoms with E-state index in [0.29, 0.717) is 17.9 Å². The van der Waals surface area contributed by atoms with Crippen molar-refractivity contribution in [3.05, 3.63) is 51.4 Å². The van der Waals surface area contributed by atoms with Gasteiger partial charge in [-0.3, -0.25) is 14.8 Å². The van der Waals surface area contributed by atoms with E-state index in [2.05, 4.69) is 10.0 Å². The maximum absolute atomic E-state index is 11.3. The number of para-hydroxylation sites is 2. The number of anilines is 2. The van der Waals surface area contributed by atoms with Gasteiger partial charge < -0.3 is 5.32 Å². The van der Waals surface area contributed by atoms with Gasteiger partial charge in [0.1, 0.15) is 0 Å². The van der Waals surface area contributed by atoms with Gasteiger partial charge in [-0.05, 0) is 17.7 Å². The molecule has 0 amide bonds. The average molecular weight is 327 g/mol. The SMILES string of the molecule is CS(=O)(=O)Nc1ccccc1NCc1csc([N+](=O)[O-])c1. The molecule has 2 rings (SSSR count). The molecule has 0 aliphatic rings. The molecule has 1 heterocycles. The first-order valence-electron chi connectivity index (χ1n) is 5.87. The van der Waals surface area contributed by atoms with Crippen LogP contribution in [0.15, 0.2) is 35.7 Å². The van der Waals surface area contributed by atoms with Gasteiger partial charge in [-0.2, -0.15) is 0 Å². The minimum Gasteiger partial charge on any atom is -0.379 e. The van der Waals surface area contributed by atoms with Gasteiger partial charge in [0.15, 0.2) is 0 Å². The van der Waals surface area contributed by atoms with Crippen LogP contribution in [0.2, 0.25) is 0 Å². The molecular formula is C12H13N3O4S2. The van der Waals surface area contributed by atoms with Crippen molar-refractivity contribution in [1.29, 1.82) is 0 Å². The van der Waals surface area contributed by atoms with Gasteiger partial charge in [-0.1, -0.05) is 23.5 Å². The molecule has 0 unspecified atom stereocenters. The Hall–Kier alpha value is -2.13. The number of nitrogens with zero attached hydrogens (tertiary/aromatic N) is 1. The molecule has 0 saturated carbocycles. The Morgan fingerprint density at radius 1 is 1.29 bits per heavy atom. The lowest BCUT2D eigenvalue weighted by Crippen LogP contribution is -2.11. The van der Waals surface area contributed by atoms with Crippen LogP contribution in [0.1, 0.15) is 5.56 Å². The van der Waals surface area contributed by atoms with Crippen LogP contribution >= 0.6 is 11.3 Å². The molecule has 0 saturated heterocycles. The molecule has 2 aromatic rings. The van der Waals surface area contributed by atoms with E-state index in [0.717, 1.165) is 23.2 Å². The lowest BCUT2D eigenvalue weighted by atomic mass is 10.2. The molecule has 0 radical (unpaired) electrons. The number of nitrogens with one attached hydrogen (secondary N) is 2. The lowest BCUT2D eigenvalue weighted by Gasteiger charge is -2.12. The minimum absolute atomic E-state index is 0.0781. The fourth-order valence-corrected chi connectivity index (χ4v) is 2.98. The van der Waals surface area contributed by atoms with Gasteiger partial charge >= 0.3 is 5.00 Å². The Kier molecular flexibility index (Phi) is 4.43. The molecule has 1 aromatic heterocycles. The number of sulfonamides is 1. The van der Waals surface area contributed by atoms with Crippen LogP contribution in [0.3, 0.4) is 0 Å². The molecule has 2 N–H and O–H groups in total. The maximum Gasteiger partial charge on any atom is 0.324 e. The van der Waals surface area contributed by atoms with Crippen molar-refractivity contribution in [3.8, 4) is 0 Å². The third-order valence-electron chi connectivity index (χ3n) is 2.53. The first-order chi connectivity index (χ1) is 9.85. The second-order valence-electron chi connectivity index (χ2n) is 4.32. The third kappa shape index (κ3) is 4.43. The summed E-state index contributed by atoms with van der Waals surface area (Å²) < 4.78 is 25.0. The van der Waals surface area contributed by atoms with Gasteiger partial charge in [0.2, 0.25) is 10.0 Å². The van der Waals surface area contributed by atoms with Gasteiger partial charge in [-0.15, -0.1) is 0 Å². The van der Waals surface area contributed by atoms with Crippen molar-refractivity contribution in [2.24, 2.45) is 0 Å². The first-order valence-corrected chi connectivity index (χ1v) is 8.65. The van der Waals surface area contributed by atoms with Crippen molar-refractivity contribution < 1.29 is 13.3 Å². The summed E-state index contributed by atoms with van der Waals surface area (Å²) in [4.78, 5) is 10.2. The zero-order valence-electron chi connectivity index (χ0n) is 11.1. The molecule has 7 nitrogen and oxygen atoms in total. The fourth-order valence-electron chi connectivity index (χ4n) is 1.67. The number of benzene rings is 1. The Labute approximate surface area is 125 Å². The second kappa shape index (κ2) is 6.10. The first kappa shape index (κ1) is 15.3. The molecule has 0 spiro atoms. The van der Waals surface area contributed by atoms with E-state index in [1.165, 1.54) is 6.07 Å². The van der Waals surface area contributed by atoms with E-state index in [-0.39, 0.29) is 5.00 Å². The van der Waals surface area contributed by atoms with Crippen LogP contribution in [-0.2, 0) is 16.6 Å². The van der Waals surface area contributed by atoms with Crippen LogP contribution < -0.4 is 10.0 Å². The Bertz CT molecular complexity index is 755. The number of nitro groups is 1. The zero-order valence-corrected chi connectivity index (χ0v) is 12.7. The topological polar surface area (TPSA) is 101 Å². The highest BCUT2D eigenvalue weighted by Crippen LogP contribution is 2.25. The van der Waals surface area contributed by atoms with Crippen LogP contribution in [0.4, 0.5) is 16.4 Å². The summed E-state index contributed by atoms with van der Waals surface area (Å²) >= 11 is 1.06.